The largest absolute Gasteiger partial charge is 0.372 e. The van der Waals surface area contributed by atoms with Crippen LogP contribution in [0.1, 0.15) is 69.9 Å². The summed E-state index contributed by atoms with van der Waals surface area (Å²) in [5.74, 6) is 1.60. The molecule has 1 heterocycles. The Hall–Kier alpha value is -0.980. The van der Waals surface area contributed by atoms with E-state index in [0.717, 1.165) is 5.92 Å². The van der Waals surface area contributed by atoms with Gasteiger partial charge >= 0.3 is 0 Å². The van der Waals surface area contributed by atoms with Gasteiger partial charge in [0.1, 0.15) is 0 Å². The van der Waals surface area contributed by atoms with Crippen LogP contribution in [0.2, 0.25) is 0 Å². The molecule has 0 unspecified atom stereocenters. The van der Waals surface area contributed by atoms with Gasteiger partial charge in [0.05, 0.1) is 0 Å². The molecule has 1 aromatic rings. The van der Waals surface area contributed by atoms with Crippen molar-refractivity contribution < 1.29 is 0 Å². The maximum Gasteiger partial charge on any atom is 0.0369 e. The van der Waals surface area contributed by atoms with E-state index in [1.54, 1.807) is 0 Å². The fourth-order valence-electron chi connectivity index (χ4n) is 3.48. The van der Waals surface area contributed by atoms with Gasteiger partial charge in [0, 0.05) is 18.8 Å². The molecule has 1 aliphatic heterocycles. The van der Waals surface area contributed by atoms with E-state index < -0.39 is 0 Å². The first-order valence-electron chi connectivity index (χ1n) is 8.47. The molecule has 1 nitrogen and oxygen atoms in total. The van der Waals surface area contributed by atoms with Crippen molar-refractivity contribution in [2.75, 3.05) is 18.0 Å². The summed E-state index contributed by atoms with van der Waals surface area (Å²) in [6.07, 6.45) is 6.95. The fourth-order valence-corrected chi connectivity index (χ4v) is 3.48. The zero-order valence-electron chi connectivity index (χ0n) is 13.8. The summed E-state index contributed by atoms with van der Waals surface area (Å²) in [5.41, 5.74) is 4.37. The highest BCUT2D eigenvalue weighted by Gasteiger charge is 2.19. The number of benzene rings is 1. The highest BCUT2D eigenvalue weighted by atomic mass is 15.1. The Morgan fingerprint density at radius 3 is 2.45 bits per heavy atom. The normalized spacial score (nSPS) is 16.9. The quantitative estimate of drug-likeness (QED) is 0.682. The number of unbranched alkanes of at least 4 members (excludes halogenated alkanes) is 1. The van der Waals surface area contributed by atoms with Crippen LogP contribution < -0.4 is 4.90 Å². The van der Waals surface area contributed by atoms with Gasteiger partial charge in [-0.1, -0.05) is 46.1 Å². The predicted octanol–water partition coefficient (Wildman–Crippen LogP) is 5.53. The standard InChI is InChI=1S/C19H31N/c1-5-6-7-17-10-12-20(13-11-17)18-8-9-19(15(2)3)16(4)14-18/h8-9,14-15,17H,5-7,10-13H2,1-4H3. The number of rotatable bonds is 5. The van der Waals surface area contributed by atoms with Crippen LogP contribution in [0.25, 0.3) is 0 Å². The molecular formula is C19H31N. The minimum atomic E-state index is 0.629. The van der Waals surface area contributed by atoms with E-state index in [-0.39, 0.29) is 0 Å². The van der Waals surface area contributed by atoms with Gasteiger partial charge in [0.15, 0.2) is 0 Å². The Balaban J connectivity index is 1.95. The molecule has 1 fully saturated rings. The first-order chi connectivity index (χ1) is 9.61. The predicted molar refractivity (Wildman–Crippen MR) is 89.7 cm³/mol. The Morgan fingerprint density at radius 1 is 1.20 bits per heavy atom. The van der Waals surface area contributed by atoms with Gasteiger partial charge in [-0.05, 0) is 54.9 Å². The Labute approximate surface area is 125 Å². The van der Waals surface area contributed by atoms with E-state index in [2.05, 4.69) is 50.8 Å². The van der Waals surface area contributed by atoms with Crippen molar-refractivity contribution in [2.45, 2.75) is 65.7 Å². The summed E-state index contributed by atoms with van der Waals surface area (Å²) < 4.78 is 0. The molecule has 112 valence electrons. The molecule has 1 saturated heterocycles. The minimum Gasteiger partial charge on any atom is -0.372 e. The Morgan fingerprint density at radius 2 is 1.90 bits per heavy atom. The summed E-state index contributed by atoms with van der Waals surface area (Å²) in [6.45, 7) is 11.6. The van der Waals surface area contributed by atoms with E-state index in [9.17, 15) is 0 Å². The third-order valence-corrected chi connectivity index (χ3v) is 4.82. The molecule has 0 spiro atoms. The molecule has 1 heteroatoms. The summed E-state index contributed by atoms with van der Waals surface area (Å²) in [4.78, 5) is 2.58. The molecule has 0 aromatic heterocycles. The highest BCUT2D eigenvalue weighted by molar-refractivity contribution is 5.51. The Bertz CT molecular complexity index is 414. The SMILES string of the molecule is CCCCC1CCN(c2ccc(C(C)C)c(C)c2)CC1. The van der Waals surface area contributed by atoms with E-state index in [1.807, 2.05) is 0 Å². The van der Waals surface area contributed by atoms with Crippen molar-refractivity contribution in [2.24, 2.45) is 5.92 Å². The number of hydrogen-bond acceptors (Lipinski definition) is 1. The molecule has 0 N–H and O–H groups in total. The van der Waals surface area contributed by atoms with Crippen LogP contribution in [0, 0.1) is 12.8 Å². The molecule has 0 amide bonds. The molecule has 1 aromatic carbocycles. The van der Waals surface area contributed by atoms with Crippen molar-refractivity contribution in [3.8, 4) is 0 Å². The molecule has 0 atom stereocenters. The second-order valence-corrected chi connectivity index (χ2v) is 6.77. The van der Waals surface area contributed by atoms with Gasteiger partial charge in [0.25, 0.3) is 0 Å². The average Bonchev–Trinajstić information content (AvgIpc) is 2.45. The van der Waals surface area contributed by atoms with Crippen molar-refractivity contribution >= 4 is 5.69 Å². The maximum absolute atomic E-state index is 2.58. The lowest BCUT2D eigenvalue weighted by Gasteiger charge is -2.34. The van der Waals surface area contributed by atoms with Crippen LogP contribution in [0.4, 0.5) is 5.69 Å². The number of hydrogen-bond donors (Lipinski definition) is 0. The summed E-state index contributed by atoms with van der Waals surface area (Å²) in [7, 11) is 0. The number of aryl methyl sites for hydroxylation is 1. The lowest BCUT2D eigenvalue weighted by molar-refractivity contribution is 0.371. The van der Waals surface area contributed by atoms with Crippen LogP contribution in [-0.4, -0.2) is 13.1 Å². The lowest BCUT2D eigenvalue weighted by Crippen LogP contribution is -2.33. The van der Waals surface area contributed by atoms with Gasteiger partial charge < -0.3 is 4.90 Å². The zero-order chi connectivity index (χ0) is 14.5. The van der Waals surface area contributed by atoms with Gasteiger partial charge in [-0.25, -0.2) is 0 Å². The molecule has 1 aliphatic rings. The second kappa shape index (κ2) is 7.15. The second-order valence-electron chi connectivity index (χ2n) is 6.77. The van der Waals surface area contributed by atoms with Crippen molar-refractivity contribution in [1.82, 2.24) is 0 Å². The van der Waals surface area contributed by atoms with Crippen molar-refractivity contribution in [3.05, 3.63) is 29.3 Å². The first kappa shape index (κ1) is 15.4. The maximum atomic E-state index is 2.58. The van der Waals surface area contributed by atoms with E-state index in [4.69, 9.17) is 0 Å². The van der Waals surface area contributed by atoms with Crippen LogP contribution in [0.3, 0.4) is 0 Å². The van der Waals surface area contributed by atoms with E-state index in [0.29, 0.717) is 5.92 Å². The molecule has 0 bridgehead atoms. The monoisotopic (exact) mass is 273 g/mol. The zero-order valence-corrected chi connectivity index (χ0v) is 13.8. The third-order valence-electron chi connectivity index (χ3n) is 4.82. The molecule has 20 heavy (non-hydrogen) atoms. The molecule has 0 aliphatic carbocycles. The summed E-state index contributed by atoms with van der Waals surface area (Å²) in [5, 5.41) is 0. The van der Waals surface area contributed by atoms with Crippen LogP contribution in [-0.2, 0) is 0 Å². The van der Waals surface area contributed by atoms with Crippen molar-refractivity contribution in [3.63, 3.8) is 0 Å². The van der Waals surface area contributed by atoms with Gasteiger partial charge in [-0.2, -0.15) is 0 Å². The first-order valence-corrected chi connectivity index (χ1v) is 8.47. The van der Waals surface area contributed by atoms with Gasteiger partial charge in [-0.3, -0.25) is 0 Å². The van der Waals surface area contributed by atoms with E-state index in [1.165, 1.54) is 62.0 Å². The molecule has 0 radical (unpaired) electrons. The third kappa shape index (κ3) is 3.77. The molecule has 2 rings (SSSR count). The lowest BCUT2D eigenvalue weighted by atomic mass is 9.91. The Kier molecular flexibility index (Phi) is 5.51. The fraction of sp³-hybridized carbons (Fsp3) is 0.684. The number of anilines is 1. The van der Waals surface area contributed by atoms with Crippen molar-refractivity contribution in [1.29, 1.82) is 0 Å². The van der Waals surface area contributed by atoms with Crippen LogP contribution in [0.5, 0.6) is 0 Å². The number of piperidine rings is 1. The number of nitrogens with zero attached hydrogens (tertiary/aromatic N) is 1. The van der Waals surface area contributed by atoms with Gasteiger partial charge in [-0.15, -0.1) is 0 Å². The molecule has 0 saturated carbocycles. The topological polar surface area (TPSA) is 3.24 Å². The van der Waals surface area contributed by atoms with Crippen LogP contribution in [0.15, 0.2) is 18.2 Å². The minimum absolute atomic E-state index is 0.629. The average molecular weight is 273 g/mol. The highest BCUT2D eigenvalue weighted by Crippen LogP contribution is 2.29. The van der Waals surface area contributed by atoms with E-state index >= 15 is 0 Å². The van der Waals surface area contributed by atoms with Crippen LogP contribution >= 0.6 is 0 Å². The van der Waals surface area contributed by atoms with Gasteiger partial charge in [0.2, 0.25) is 0 Å². The molecular weight excluding hydrogens is 242 g/mol. The summed E-state index contributed by atoms with van der Waals surface area (Å²) in [6, 6.07) is 7.05. The smallest absolute Gasteiger partial charge is 0.0369 e. The summed E-state index contributed by atoms with van der Waals surface area (Å²) >= 11 is 0.